The zero-order valence-corrected chi connectivity index (χ0v) is 13.0. The minimum absolute atomic E-state index is 0.0155. The van der Waals surface area contributed by atoms with Gasteiger partial charge in [-0.1, -0.05) is 23.8 Å². The van der Waals surface area contributed by atoms with E-state index >= 15 is 0 Å². The van der Waals surface area contributed by atoms with Crippen molar-refractivity contribution in [2.24, 2.45) is 5.92 Å². The maximum atomic E-state index is 12.1. The molecule has 0 aromatic heterocycles. The number of benzene rings is 1. The lowest BCUT2D eigenvalue weighted by atomic mass is 9.99. The summed E-state index contributed by atoms with van der Waals surface area (Å²) in [4.78, 5) is 12.1. The van der Waals surface area contributed by atoms with E-state index in [1.807, 2.05) is 32.9 Å². The second kappa shape index (κ2) is 5.56. The minimum atomic E-state index is -3.02. The van der Waals surface area contributed by atoms with Crippen LogP contribution in [0, 0.1) is 19.8 Å². The van der Waals surface area contributed by atoms with Gasteiger partial charge >= 0.3 is 0 Å². The first-order valence-electron chi connectivity index (χ1n) is 6.86. The van der Waals surface area contributed by atoms with Gasteiger partial charge in [-0.3, -0.25) is 4.79 Å². The maximum Gasteiger partial charge on any atom is 0.224 e. The average Bonchev–Trinajstić information content (AvgIpc) is 2.72. The van der Waals surface area contributed by atoms with E-state index in [0.717, 1.165) is 16.7 Å². The highest BCUT2D eigenvalue weighted by molar-refractivity contribution is 7.91. The molecule has 20 heavy (non-hydrogen) atoms. The second-order valence-electron chi connectivity index (χ2n) is 5.69. The Bertz CT molecular complexity index is 622. The van der Waals surface area contributed by atoms with E-state index in [-0.39, 0.29) is 23.5 Å². The van der Waals surface area contributed by atoms with Gasteiger partial charge in [0.05, 0.1) is 23.5 Å². The zero-order valence-electron chi connectivity index (χ0n) is 12.1. The highest BCUT2D eigenvalue weighted by atomic mass is 32.2. The molecule has 0 aliphatic carbocycles. The van der Waals surface area contributed by atoms with Crippen LogP contribution in [0.25, 0.3) is 0 Å². The van der Waals surface area contributed by atoms with Gasteiger partial charge in [0.2, 0.25) is 5.91 Å². The number of sulfone groups is 1. The molecule has 2 atom stereocenters. The molecule has 1 N–H and O–H groups in total. The lowest BCUT2D eigenvalue weighted by Crippen LogP contribution is -2.33. The van der Waals surface area contributed by atoms with E-state index < -0.39 is 15.8 Å². The highest BCUT2D eigenvalue weighted by Crippen LogP contribution is 2.22. The van der Waals surface area contributed by atoms with Crippen LogP contribution in [-0.4, -0.2) is 25.8 Å². The van der Waals surface area contributed by atoms with Crippen molar-refractivity contribution in [2.75, 3.05) is 11.5 Å². The minimum Gasteiger partial charge on any atom is -0.349 e. The third kappa shape index (κ3) is 3.39. The fraction of sp³-hybridized carbons (Fsp3) is 0.533. The van der Waals surface area contributed by atoms with Crippen molar-refractivity contribution in [3.63, 3.8) is 0 Å². The third-order valence-corrected chi connectivity index (χ3v) is 5.63. The average molecular weight is 295 g/mol. The van der Waals surface area contributed by atoms with Crippen LogP contribution in [0.3, 0.4) is 0 Å². The van der Waals surface area contributed by atoms with Crippen LogP contribution >= 0.6 is 0 Å². The first-order valence-corrected chi connectivity index (χ1v) is 8.68. The van der Waals surface area contributed by atoms with Gasteiger partial charge in [-0.15, -0.1) is 0 Å². The summed E-state index contributed by atoms with van der Waals surface area (Å²) in [6, 6.07) is 6.03. The van der Waals surface area contributed by atoms with E-state index in [1.54, 1.807) is 0 Å². The van der Waals surface area contributed by atoms with Crippen molar-refractivity contribution in [2.45, 2.75) is 33.2 Å². The zero-order chi connectivity index (χ0) is 14.9. The van der Waals surface area contributed by atoms with Crippen LogP contribution in [0.1, 0.15) is 36.1 Å². The molecule has 1 fully saturated rings. The van der Waals surface area contributed by atoms with Gasteiger partial charge in [0, 0.05) is 0 Å². The van der Waals surface area contributed by atoms with Gasteiger partial charge in [0.25, 0.3) is 0 Å². The molecule has 4 nitrogen and oxygen atoms in total. The van der Waals surface area contributed by atoms with E-state index in [1.165, 1.54) is 0 Å². The number of nitrogens with one attached hydrogen (secondary N) is 1. The summed E-state index contributed by atoms with van der Waals surface area (Å²) in [5.74, 6) is -0.437. The number of hydrogen-bond acceptors (Lipinski definition) is 3. The number of carbonyl (C=O) groups is 1. The first-order chi connectivity index (χ1) is 9.28. The van der Waals surface area contributed by atoms with Crippen molar-refractivity contribution in [3.05, 3.63) is 34.9 Å². The second-order valence-corrected chi connectivity index (χ2v) is 7.92. The number of carbonyl (C=O) groups excluding carboxylic acids is 1. The molecule has 1 saturated heterocycles. The van der Waals surface area contributed by atoms with Crippen molar-refractivity contribution in [1.82, 2.24) is 5.32 Å². The lowest BCUT2D eigenvalue weighted by Gasteiger charge is -2.19. The molecule has 1 heterocycles. The van der Waals surface area contributed by atoms with Crippen LogP contribution in [0.5, 0.6) is 0 Å². The van der Waals surface area contributed by atoms with E-state index in [9.17, 15) is 13.2 Å². The summed E-state index contributed by atoms with van der Waals surface area (Å²) in [5.41, 5.74) is 3.36. The van der Waals surface area contributed by atoms with Gasteiger partial charge < -0.3 is 5.32 Å². The predicted molar refractivity (Wildman–Crippen MR) is 79.2 cm³/mol. The number of aryl methyl sites for hydroxylation is 2. The molecule has 1 aromatic carbocycles. The standard InChI is InChI=1S/C15H21NO3S/c1-10-4-5-11(2)14(8-10)12(3)16-15(17)13-6-7-20(18,19)9-13/h4-5,8,12-13H,6-7,9H2,1-3H3,(H,16,17)/t12-,13+/m0/s1. The molecule has 0 radical (unpaired) electrons. The highest BCUT2D eigenvalue weighted by Gasteiger charge is 2.33. The van der Waals surface area contributed by atoms with Crippen molar-refractivity contribution in [1.29, 1.82) is 0 Å². The summed E-state index contributed by atoms with van der Waals surface area (Å²) in [6.07, 6.45) is 0.438. The monoisotopic (exact) mass is 295 g/mol. The number of rotatable bonds is 3. The molecular formula is C15H21NO3S. The molecule has 1 aliphatic heterocycles. The molecular weight excluding hydrogens is 274 g/mol. The van der Waals surface area contributed by atoms with Crippen LogP contribution in [0.15, 0.2) is 18.2 Å². The Kier molecular flexibility index (Phi) is 4.18. The Morgan fingerprint density at radius 2 is 2.05 bits per heavy atom. The van der Waals surface area contributed by atoms with Crippen molar-refractivity contribution >= 4 is 15.7 Å². The number of amides is 1. The lowest BCUT2D eigenvalue weighted by molar-refractivity contribution is -0.124. The Hall–Kier alpha value is -1.36. The molecule has 0 saturated carbocycles. The quantitative estimate of drug-likeness (QED) is 0.926. The van der Waals surface area contributed by atoms with Gasteiger partial charge in [-0.2, -0.15) is 0 Å². The van der Waals surface area contributed by atoms with Gasteiger partial charge in [-0.25, -0.2) is 8.42 Å². The maximum absolute atomic E-state index is 12.1. The van der Waals surface area contributed by atoms with Crippen molar-refractivity contribution in [3.8, 4) is 0 Å². The largest absolute Gasteiger partial charge is 0.349 e. The van der Waals surface area contributed by atoms with E-state index in [0.29, 0.717) is 6.42 Å². The Morgan fingerprint density at radius 1 is 1.35 bits per heavy atom. The molecule has 0 unspecified atom stereocenters. The Morgan fingerprint density at radius 3 is 2.65 bits per heavy atom. The van der Waals surface area contributed by atoms with Crippen LogP contribution in [0.2, 0.25) is 0 Å². The normalized spacial score (nSPS) is 22.4. The van der Waals surface area contributed by atoms with Gasteiger partial charge in [0.1, 0.15) is 0 Å². The SMILES string of the molecule is Cc1ccc(C)c([C@H](C)NC(=O)[C@@H]2CCS(=O)(=O)C2)c1. The Balaban J connectivity index is 2.06. The van der Waals surface area contributed by atoms with Gasteiger partial charge in [0.15, 0.2) is 9.84 Å². The summed E-state index contributed by atoms with van der Waals surface area (Å²) < 4.78 is 22.8. The fourth-order valence-corrected chi connectivity index (χ4v) is 4.38. The van der Waals surface area contributed by atoms with Gasteiger partial charge in [-0.05, 0) is 38.3 Å². The van der Waals surface area contributed by atoms with E-state index in [2.05, 4.69) is 11.4 Å². The fourth-order valence-electron chi connectivity index (χ4n) is 2.64. The third-order valence-electron chi connectivity index (χ3n) is 3.86. The molecule has 1 aliphatic rings. The molecule has 110 valence electrons. The number of hydrogen-bond donors (Lipinski definition) is 1. The molecule has 1 amide bonds. The summed E-state index contributed by atoms with van der Waals surface area (Å²) in [6.45, 7) is 5.96. The van der Waals surface area contributed by atoms with E-state index in [4.69, 9.17) is 0 Å². The topological polar surface area (TPSA) is 63.2 Å². The smallest absolute Gasteiger partial charge is 0.224 e. The van der Waals surface area contributed by atoms with Crippen LogP contribution in [-0.2, 0) is 14.6 Å². The summed E-state index contributed by atoms with van der Waals surface area (Å²) in [5, 5.41) is 2.94. The summed E-state index contributed by atoms with van der Waals surface area (Å²) >= 11 is 0. The summed E-state index contributed by atoms with van der Waals surface area (Å²) in [7, 11) is -3.02. The first kappa shape index (κ1) is 15.0. The Labute approximate surface area is 120 Å². The molecule has 1 aromatic rings. The molecule has 5 heteroatoms. The molecule has 2 rings (SSSR count). The van der Waals surface area contributed by atoms with Crippen molar-refractivity contribution < 1.29 is 13.2 Å². The molecule has 0 spiro atoms. The van der Waals surface area contributed by atoms with Crippen LogP contribution < -0.4 is 5.32 Å². The molecule has 0 bridgehead atoms. The predicted octanol–water partition coefficient (Wildman–Crippen LogP) is 1.92. The van der Waals surface area contributed by atoms with Crippen LogP contribution in [0.4, 0.5) is 0 Å².